The Morgan fingerprint density at radius 2 is 1.79 bits per heavy atom. The highest BCUT2D eigenvalue weighted by Crippen LogP contribution is 2.14. The summed E-state index contributed by atoms with van der Waals surface area (Å²) in [5.41, 5.74) is 6.16. The summed E-state index contributed by atoms with van der Waals surface area (Å²) in [5.74, 6) is 0.889. The zero-order valence-electron chi connectivity index (χ0n) is 12.0. The van der Waals surface area contributed by atoms with Crippen molar-refractivity contribution in [1.29, 1.82) is 5.41 Å². The fourth-order valence-corrected chi connectivity index (χ4v) is 2.00. The molecule has 0 unspecified atom stereocenters. The lowest BCUT2D eigenvalue weighted by Gasteiger charge is -2.07. The van der Waals surface area contributed by atoms with E-state index in [9.17, 15) is 0 Å². The number of unbranched alkanes of at least 4 members (excludes halogenated alkanes) is 6. The zero-order valence-corrected chi connectivity index (χ0v) is 12.0. The van der Waals surface area contributed by atoms with Gasteiger partial charge < -0.3 is 10.5 Å². The van der Waals surface area contributed by atoms with Gasteiger partial charge in [-0.3, -0.25) is 5.41 Å². The largest absolute Gasteiger partial charge is 0.494 e. The molecule has 0 spiro atoms. The SMILES string of the molecule is CCCCCCCCCOc1cccc(C(=N)N)c1. The van der Waals surface area contributed by atoms with Crippen molar-refractivity contribution in [3.05, 3.63) is 29.8 Å². The Morgan fingerprint density at radius 3 is 2.47 bits per heavy atom. The Morgan fingerprint density at radius 1 is 1.11 bits per heavy atom. The Balaban J connectivity index is 2.12. The normalized spacial score (nSPS) is 10.4. The van der Waals surface area contributed by atoms with E-state index < -0.39 is 0 Å². The molecule has 0 aliphatic heterocycles. The van der Waals surface area contributed by atoms with Gasteiger partial charge >= 0.3 is 0 Å². The molecule has 0 saturated heterocycles. The van der Waals surface area contributed by atoms with Crippen molar-refractivity contribution in [2.24, 2.45) is 5.73 Å². The lowest BCUT2D eigenvalue weighted by atomic mass is 10.1. The van der Waals surface area contributed by atoms with Crippen LogP contribution in [0.3, 0.4) is 0 Å². The predicted octanol–water partition coefficient (Wildman–Crippen LogP) is 4.10. The molecule has 0 saturated carbocycles. The number of hydrogen-bond donors (Lipinski definition) is 2. The molecule has 0 bridgehead atoms. The molecule has 0 aliphatic carbocycles. The number of ether oxygens (including phenoxy) is 1. The van der Waals surface area contributed by atoms with Crippen molar-refractivity contribution < 1.29 is 4.74 Å². The number of nitrogens with one attached hydrogen (secondary N) is 1. The van der Waals surface area contributed by atoms with Crippen LogP contribution >= 0.6 is 0 Å². The van der Waals surface area contributed by atoms with Crippen molar-refractivity contribution in [2.45, 2.75) is 51.9 Å². The molecule has 1 rings (SSSR count). The van der Waals surface area contributed by atoms with Gasteiger partial charge in [-0.2, -0.15) is 0 Å². The summed E-state index contributed by atoms with van der Waals surface area (Å²) in [5, 5.41) is 7.38. The van der Waals surface area contributed by atoms with Gasteiger partial charge in [0.25, 0.3) is 0 Å². The van der Waals surface area contributed by atoms with Crippen LogP contribution in [0.15, 0.2) is 24.3 Å². The van der Waals surface area contributed by atoms with Gasteiger partial charge in [0.05, 0.1) is 6.61 Å². The maximum Gasteiger partial charge on any atom is 0.122 e. The number of hydrogen-bond acceptors (Lipinski definition) is 2. The molecule has 0 radical (unpaired) electrons. The topological polar surface area (TPSA) is 59.1 Å². The molecule has 106 valence electrons. The van der Waals surface area contributed by atoms with E-state index in [1.807, 2.05) is 24.3 Å². The molecule has 0 aliphatic rings. The van der Waals surface area contributed by atoms with E-state index in [-0.39, 0.29) is 5.84 Å². The third kappa shape index (κ3) is 6.85. The molecule has 0 atom stereocenters. The van der Waals surface area contributed by atoms with Crippen LogP contribution < -0.4 is 10.5 Å². The Kier molecular flexibility index (Phi) is 7.71. The Hall–Kier alpha value is -1.51. The van der Waals surface area contributed by atoms with Gasteiger partial charge in [-0.25, -0.2) is 0 Å². The highest BCUT2D eigenvalue weighted by molar-refractivity contribution is 5.95. The van der Waals surface area contributed by atoms with Crippen LogP contribution in [0, 0.1) is 5.41 Å². The lowest BCUT2D eigenvalue weighted by Crippen LogP contribution is -2.11. The molecule has 0 fully saturated rings. The first kappa shape index (κ1) is 15.5. The molecule has 0 amide bonds. The Labute approximate surface area is 116 Å². The third-order valence-corrected chi connectivity index (χ3v) is 3.16. The zero-order chi connectivity index (χ0) is 13.9. The first-order valence-electron chi connectivity index (χ1n) is 7.31. The maximum absolute atomic E-state index is 7.38. The van der Waals surface area contributed by atoms with Crippen molar-refractivity contribution in [1.82, 2.24) is 0 Å². The lowest BCUT2D eigenvalue weighted by molar-refractivity contribution is 0.304. The second-order valence-corrected chi connectivity index (χ2v) is 4.91. The summed E-state index contributed by atoms with van der Waals surface area (Å²) in [6.07, 6.45) is 8.99. The fourth-order valence-electron chi connectivity index (χ4n) is 2.00. The molecule has 1 aromatic rings. The Bertz CT molecular complexity index is 377. The molecule has 1 aromatic carbocycles. The molecular formula is C16H26N2O. The van der Waals surface area contributed by atoms with E-state index in [0.29, 0.717) is 0 Å². The summed E-state index contributed by atoms with van der Waals surface area (Å²) in [6.45, 7) is 2.98. The summed E-state index contributed by atoms with van der Waals surface area (Å²) in [7, 11) is 0. The summed E-state index contributed by atoms with van der Waals surface area (Å²) in [6, 6.07) is 7.43. The van der Waals surface area contributed by atoms with E-state index in [2.05, 4.69) is 6.92 Å². The van der Waals surface area contributed by atoms with Crippen LogP contribution in [0.5, 0.6) is 5.75 Å². The second kappa shape index (κ2) is 9.42. The van der Waals surface area contributed by atoms with Crippen LogP contribution in [0.25, 0.3) is 0 Å². The van der Waals surface area contributed by atoms with Crippen molar-refractivity contribution in [2.75, 3.05) is 6.61 Å². The minimum Gasteiger partial charge on any atom is -0.494 e. The quantitative estimate of drug-likeness (QED) is 0.379. The smallest absolute Gasteiger partial charge is 0.122 e. The number of nitrogen functional groups attached to an aromatic ring is 1. The highest BCUT2D eigenvalue weighted by atomic mass is 16.5. The molecule has 3 heteroatoms. The van der Waals surface area contributed by atoms with Gasteiger partial charge in [0, 0.05) is 5.56 Å². The summed E-state index contributed by atoms with van der Waals surface area (Å²) >= 11 is 0. The molecular weight excluding hydrogens is 236 g/mol. The molecule has 3 N–H and O–H groups in total. The number of nitrogens with two attached hydrogens (primary N) is 1. The molecule has 0 heterocycles. The van der Waals surface area contributed by atoms with Crippen LogP contribution in [-0.4, -0.2) is 12.4 Å². The molecule has 19 heavy (non-hydrogen) atoms. The van der Waals surface area contributed by atoms with E-state index in [1.54, 1.807) is 0 Å². The van der Waals surface area contributed by atoms with Gasteiger partial charge in [-0.1, -0.05) is 57.6 Å². The summed E-state index contributed by atoms with van der Waals surface area (Å²) < 4.78 is 5.67. The maximum atomic E-state index is 7.38. The van der Waals surface area contributed by atoms with Gasteiger partial charge in [0.1, 0.15) is 11.6 Å². The van der Waals surface area contributed by atoms with E-state index in [4.69, 9.17) is 15.9 Å². The van der Waals surface area contributed by atoms with Crippen molar-refractivity contribution >= 4 is 5.84 Å². The van der Waals surface area contributed by atoms with E-state index in [0.717, 1.165) is 24.3 Å². The standard InChI is InChI=1S/C16H26N2O/c1-2-3-4-5-6-7-8-12-19-15-11-9-10-14(13-15)16(17)18/h9-11,13H,2-8,12H2,1H3,(H3,17,18). The predicted molar refractivity (Wildman–Crippen MR) is 80.9 cm³/mol. The van der Waals surface area contributed by atoms with Crippen LogP contribution in [0.2, 0.25) is 0 Å². The van der Waals surface area contributed by atoms with E-state index >= 15 is 0 Å². The fraction of sp³-hybridized carbons (Fsp3) is 0.562. The number of benzene rings is 1. The van der Waals surface area contributed by atoms with Crippen LogP contribution in [0.1, 0.15) is 57.4 Å². The molecule has 0 aromatic heterocycles. The second-order valence-electron chi connectivity index (χ2n) is 4.91. The first-order chi connectivity index (χ1) is 9.24. The first-order valence-corrected chi connectivity index (χ1v) is 7.31. The van der Waals surface area contributed by atoms with E-state index in [1.165, 1.54) is 38.5 Å². The molecule has 3 nitrogen and oxygen atoms in total. The van der Waals surface area contributed by atoms with Crippen LogP contribution in [-0.2, 0) is 0 Å². The minimum absolute atomic E-state index is 0.0846. The van der Waals surface area contributed by atoms with Crippen molar-refractivity contribution in [3.8, 4) is 5.75 Å². The van der Waals surface area contributed by atoms with Crippen LogP contribution in [0.4, 0.5) is 0 Å². The van der Waals surface area contributed by atoms with Crippen molar-refractivity contribution in [3.63, 3.8) is 0 Å². The van der Waals surface area contributed by atoms with Gasteiger partial charge in [-0.15, -0.1) is 0 Å². The number of amidine groups is 1. The average molecular weight is 262 g/mol. The van der Waals surface area contributed by atoms with Gasteiger partial charge in [0.2, 0.25) is 0 Å². The summed E-state index contributed by atoms with van der Waals surface area (Å²) in [4.78, 5) is 0. The van der Waals surface area contributed by atoms with Gasteiger partial charge in [-0.05, 0) is 18.6 Å². The highest BCUT2D eigenvalue weighted by Gasteiger charge is 1.99. The number of rotatable bonds is 10. The van der Waals surface area contributed by atoms with Gasteiger partial charge in [0.15, 0.2) is 0 Å². The average Bonchev–Trinajstić information content (AvgIpc) is 2.42. The minimum atomic E-state index is 0.0846. The monoisotopic (exact) mass is 262 g/mol. The third-order valence-electron chi connectivity index (χ3n) is 3.16.